The molecule has 96 valence electrons. The Morgan fingerprint density at radius 2 is 2.00 bits per heavy atom. The molecule has 0 aliphatic heterocycles. The fourth-order valence-corrected chi connectivity index (χ4v) is 1.70. The minimum absolute atomic E-state index is 0.596. The lowest BCUT2D eigenvalue weighted by atomic mass is 10.2. The summed E-state index contributed by atoms with van der Waals surface area (Å²) in [5.74, 6) is 0. The molecule has 4 heteroatoms. The molecule has 1 N–H and O–H groups in total. The van der Waals surface area contributed by atoms with Crippen molar-refractivity contribution in [3.8, 4) is 0 Å². The lowest BCUT2D eigenvalue weighted by molar-refractivity contribution is 0.133. The largest absolute Gasteiger partial charge is 0.380 e. The lowest BCUT2D eigenvalue weighted by Crippen LogP contribution is -2.19. The minimum Gasteiger partial charge on any atom is -0.380 e. The highest BCUT2D eigenvalue weighted by molar-refractivity contribution is 6.42. The van der Waals surface area contributed by atoms with E-state index in [1.807, 2.05) is 18.2 Å². The van der Waals surface area contributed by atoms with Crippen LogP contribution >= 0.6 is 23.2 Å². The van der Waals surface area contributed by atoms with E-state index in [2.05, 4.69) is 12.2 Å². The first-order valence-corrected chi connectivity index (χ1v) is 6.72. The van der Waals surface area contributed by atoms with Crippen LogP contribution < -0.4 is 5.32 Å². The van der Waals surface area contributed by atoms with Crippen LogP contribution in [0.3, 0.4) is 0 Å². The van der Waals surface area contributed by atoms with Gasteiger partial charge >= 0.3 is 0 Å². The van der Waals surface area contributed by atoms with Crippen LogP contribution in [0.4, 0.5) is 0 Å². The summed E-state index contributed by atoms with van der Waals surface area (Å²) >= 11 is 11.8. The van der Waals surface area contributed by atoms with Crippen molar-refractivity contribution in [2.24, 2.45) is 0 Å². The van der Waals surface area contributed by atoms with E-state index in [1.165, 1.54) is 6.42 Å². The van der Waals surface area contributed by atoms with E-state index >= 15 is 0 Å². The van der Waals surface area contributed by atoms with Crippen LogP contribution in [0, 0.1) is 0 Å². The van der Waals surface area contributed by atoms with Crippen molar-refractivity contribution in [2.45, 2.75) is 26.3 Å². The van der Waals surface area contributed by atoms with Gasteiger partial charge in [0, 0.05) is 19.7 Å². The van der Waals surface area contributed by atoms with Gasteiger partial charge in [0.1, 0.15) is 0 Å². The molecule has 0 spiro atoms. The number of rotatable bonds is 8. The molecule has 0 aliphatic rings. The zero-order valence-corrected chi connectivity index (χ0v) is 11.7. The molecule has 0 saturated carbocycles. The molecular weight excluding hydrogens is 257 g/mol. The normalized spacial score (nSPS) is 10.8. The molecule has 17 heavy (non-hydrogen) atoms. The highest BCUT2D eigenvalue weighted by Gasteiger charge is 1.98. The number of ether oxygens (including phenoxy) is 1. The van der Waals surface area contributed by atoms with Gasteiger partial charge in [-0.1, -0.05) is 42.6 Å². The van der Waals surface area contributed by atoms with Crippen molar-refractivity contribution in [2.75, 3.05) is 19.8 Å². The predicted molar refractivity (Wildman–Crippen MR) is 73.9 cm³/mol. The zero-order valence-electron chi connectivity index (χ0n) is 10.1. The van der Waals surface area contributed by atoms with Gasteiger partial charge in [-0.05, 0) is 24.1 Å². The van der Waals surface area contributed by atoms with Crippen LogP contribution in [0.25, 0.3) is 0 Å². The van der Waals surface area contributed by atoms with Gasteiger partial charge in [-0.3, -0.25) is 0 Å². The number of unbranched alkanes of at least 4 members (excludes halogenated alkanes) is 1. The number of hydrogen-bond acceptors (Lipinski definition) is 2. The molecule has 0 heterocycles. The molecule has 1 rings (SSSR count). The van der Waals surface area contributed by atoms with Gasteiger partial charge in [0.25, 0.3) is 0 Å². The van der Waals surface area contributed by atoms with Crippen LogP contribution in [-0.4, -0.2) is 19.8 Å². The molecule has 0 amide bonds. The van der Waals surface area contributed by atoms with Crippen LogP contribution in [0.1, 0.15) is 25.3 Å². The fraction of sp³-hybridized carbons (Fsp3) is 0.538. The molecular formula is C13H19Cl2NO. The molecule has 1 aromatic rings. The number of hydrogen-bond donors (Lipinski definition) is 1. The van der Waals surface area contributed by atoms with Crippen molar-refractivity contribution in [1.82, 2.24) is 5.32 Å². The molecule has 0 unspecified atom stereocenters. The summed E-state index contributed by atoms with van der Waals surface area (Å²) in [6, 6.07) is 5.67. The van der Waals surface area contributed by atoms with Gasteiger partial charge in [0.05, 0.1) is 16.7 Å². The van der Waals surface area contributed by atoms with E-state index in [0.717, 1.165) is 38.3 Å². The first kappa shape index (κ1) is 14.8. The first-order chi connectivity index (χ1) is 8.24. The van der Waals surface area contributed by atoms with Crippen molar-refractivity contribution in [1.29, 1.82) is 0 Å². The Bertz CT molecular complexity index is 331. The van der Waals surface area contributed by atoms with E-state index in [1.54, 1.807) is 0 Å². The monoisotopic (exact) mass is 275 g/mol. The predicted octanol–water partition coefficient (Wildman–Crippen LogP) is 3.90. The van der Waals surface area contributed by atoms with E-state index in [0.29, 0.717) is 10.0 Å². The smallest absolute Gasteiger partial charge is 0.0595 e. The van der Waals surface area contributed by atoms with Gasteiger partial charge in [0.2, 0.25) is 0 Å². The molecule has 0 fully saturated rings. The summed E-state index contributed by atoms with van der Waals surface area (Å²) in [4.78, 5) is 0. The fourth-order valence-electron chi connectivity index (χ4n) is 1.38. The number of nitrogens with one attached hydrogen (secondary N) is 1. The molecule has 0 aromatic heterocycles. The minimum atomic E-state index is 0.596. The van der Waals surface area contributed by atoms with Gasteiger partial charge in [-0.2, -0.15) is 0 Å². The second kappa shape index (κ2) is 8.76. The maximum absolute atomic E-state index is 5.93. The van der Waals surface area contributed by atoms with Gasteiger partial charge in [-0.25, -0.2) is 0 Å². The Balaban J connectivity index is 2.11. The zero-order chi connectivity index (χ0) is 12.5. The summed E-state index contributed by atoms with van der Waals surface area (Å²) in [6.45, 7) is 5.40. The Morgan fingerprint density at radius 1 is 1.18 bits per heavy atom. The van der Waals surface area contributed by atoms with Crippen molar-refractivity contribution >= 4 is 23.2 Å². The van der Waals surface area contributed by atoms with E-state index in [-0.39, 0.29) is 0 Å². The standard InChI is InChI=1S/C13H19Cl2NO/c1-2-3-7-17-8-6-16-10-11-4-5-12(14)13(15)9-11/h4-5,9,16H,2-3,6-8,10H2,1H3. The summed E-state index contributed by atoms with van der Waals surface area (Å²) in [7, 11) is 0. The topological polar surface area (TPSA) is 21.3 Å². The van der Waals surface area contributed by atoms with Crippen molar-refractivity contribution < 1.29 is 4.74 Å². The molecule has 0 bridgehead atoms. The first-order valence-electron chi connectivity index (χ1n) is 5.96. The van der Waals surface area contributed by atoms with Crippen LogP contribution in [0.2, 0.25) is 10.0 Å². The molecule has 0 atom stereocenters. The molecule has 0 aliphatic carbocycles. The summed E-state index contributed by atoms with van der Waals surface area (Å²) in [6.07, 6.45) is 2.31. The van der Waals surface area contributed by atoms with Gasteiger partial charge < -0.3 is 10.1 Å². The van der Waals surface area contributed by atoms with Crippen molar-refractivity contribution in [3.05, 3.63) is 33.8 Å². The third kappa shape index (κ3) is 6.27. The van der Waals surface area contributed by atoms with E-state index in [9.17, 15) is 0 Å². The summed E-state index contributed by atoms with van der Waals surface area (Å²) in [5.41, 5.74) is 1.13. The Kier molecular flexibility index (Phi) is 7.62. The maximum Gasteiger partial charge on any atom is 0.0595 e. The number of halogens is 2. The summed E-state index contributed by atoms with van der Waals surface area (Å²) in [5, 5.41) is 4.50. The highest BCUT2D eigenvalue weighted by atomic mass is 35.5. The molecule has 1 aromatic carbocycles. The maximum atomic E-state index is 5.93. The number of benzene rings is 1. The van der Waals surface area contributed by atoms with Gasteiger partial charge in [-0.15, -0.1) is 0 Å². The molecule has 0 radical (unpaired) electrons. The van der Waals surface area contributed by atoms with Gasteiger partial charge in [0.15, 0.2) is 0 Å². The lowest BCUT2D eigenvalue weighted by Gasteiger charge is -2.06. The average Bonchev–Trinajstić information content (AvgIpc) is 2.32. The Labute approximate surface area is 113 Å². The quantitative estimate of drug-likeness (QED) is 0.727. The average molecular weight is 276 g/mol. The van der Waals surface area contributed by atoms with E-state index in [4.69, 9.17) is 27.9 Å². The highest BCUT2D eigenvalue weighted by Crippen LogP contribution is 2.22. The van der Waals surface area contributed by atoms with Crippen LogP contribution in [-0.2, 0) is 11.3 Å². The Hall–Kier alpha value is -0.280. The molecule has 2 nitrogen and oxygen atoms in total. The second-order valence-corrected chi connectivity index (χ2v) is 4.71. The third-order valence-electron chi connectivity index (χ3n) is 2.38. The third-order valence-corrected chi connectivity index (χ3v) is 3.12. The van der Waals surface area contributed by atoms with E-state index < -0.39 is 0 Å². The molecule has 0 saturated heterocycles. The van der Waals surface area contributed by atoms with Crippen molar-refractivity contribution in [3.63, 3.8) is 0 Å². The Morgan fingerprint density at radius 3 is 2.71 bits per heavy atom. The van der Waals surface area contributed by atoms with Crippen LogP contribution in [0.5, 0.6) is 0 Å². The summed E-state index contributed by atoms with van der Waals surface area (Å²) < 4.78 is 5.45. The van der Waals surface area contributed by atoms with Crippen LogP contribution in [0.15, 0.2) is 18.2 Å². The SMILES string of the molecule is CCCCOCCNCc1ccc(Cl)c(Cl)c1. The second-order valence-electron chi connectivity index (χ2n) is 3.89.